The van der Waals surface area contributed by atoms with E-state index >= 15 is 0 Å². The fourth-order valence-corrected chi connectivity index (χ4v) is 3.12. The van der Waals surface area contributed by atoms with Gasteiger partial charge in [0, 0.05) is 11.8 Å². The standard InChI is InChI=1S/C14H12N2O4S/c1-7(17)16-14-9(13(15)18)5-12(21-14)8-2-3-10-11(4-8)20-6-19-10/h2-5H,6H2,1H3,(H2,15,18)(H,16,17). The number of thiophene rings is 1. The second-order valence-corrected chi connectivity index (χ2v) is 5.52. The molecule has 108 valence electrons. The summed E-state index contributed by atoms with van der Waals surface area (Å²) in [4.78, 5) is 23.5. The molecular formula is C14H12N2O4S. The van der Waals surface area contributed by atoms with Crippen molar-refractivity contribution in [3.8, 4) is 21.9 Å². The first-order valence-corrected chi connectivity index (χ1v) is 6.97. The Morgan fingerprint density at radius 1 is 1.24 bits per heavy atom. The SMILES string of the molecule is CC(=O)Nc1sc(-c2ccc3c(c2)OCO3)cc1C(N)=O. The fourth-order valence-electron chi connectivity index (χ4n) is 2.02. The molecule has 2 aromatic rings. The number of rotatable bonds is 3. The molecule has 21 heavy (non-hydrogen) atoms. The van der Waals surface area contributed by atoms with E-state index in [-0.39, 0.29) is 12.7 Å². The van der Waals surface area contributed by atoms with Crippen molar-refractivity contribution in [1.29, 1.82) is 0 Å². The van der Waals surface area contributed by atoms with Crippen molar-refractivity contribution in [3.05, 3.63) is 29.8 Å². The van der Waals surface area contributed by atoms with Crippen LogP contribution in [0.3, 0.4) is 0 Å². The van der Waals surface area contributed by atoms with Crippen molar-refractivity contribution in [2.45, 2.75) is 6.92 Å². The van der Waals surface area contributed by atoms with E-state index in [0.717, 1.165) is 10.4 Å². The number of fused-ring (bicyclic) bond motifs is 1. The molecule has 1 aliphatic rings. The Morgan fingerprint density at radius 2 is 2.00 bits per heavy atom. The van der Waals surface area contributed by atoms with Crippen molar-refractivity contribution >= 4 is 28.2 Å². The summed E-state index contributed by atoms with van der Waals surface area (Å²) in [6, 6.07) is 7.16. The van der Waals surface area contributed by atoms with Crippen molar-refractivity contribution < 1.29 is 19.1 Å². The molecule has 0 saturated carbocycles. The van der Waals surface area contributed by atoms with Gasteiger partial charge in [-0.2, -0.15) is 0 Å². The summed E-state index contributed by atoms with van der Waals surface area (Å²) in [5.41, 5.74) is 6.50. The second-order valence-electron chi connectivity index (χ2n) is 4.47. The van der Waals surface area contributed by atoms with Crippen molar-refractivity contribution in [2.24, 2.45) is 5.73 Å². The Bertz CT molecular complexity index is 739. The van der Waals surface area contributed by atoms with E-state index in [1.807, 2.05) is 12.1 Å². The molecule has 1 aliphatic heterocycles. The molecule has 0 unspecified atom stereocenters. The number of carbonyl (C=O) groups excluding carboxylic acids is 2. The van der Waals surface area contributed by atoms with Crippen LogP contribution in [0, 0.1) is 0 Å². The van der Waals surface area contributed by atoms with Crippen molar-refractivity contribution in [1.82, 2.24) is 0 Å². The topological polar surface area (TPSA) is 90.7 Å². The number of primary amides is 1. The van der Waals surface area contributed by atoms with E-state index in [4.69, 9.17) is 15.2 Å². The number of nitrogens with two attached hydrogens (primary N) is 1. The van der Waals surface area contributed by atoms with Gasteiger partial charge in [-0.25, -0.2) is 0 Å². The normalized spacial score (nSPS) is 12.2. The number of carbonyl (C=O) groups is 2. The van der Waals surface area contributed by atoms with Gasteiger partial charge in [-0.15, -0.1) is 11.3 Å². The lowest BCUT2D eigenvalue weighted by atomic mass is 10.1. The molecular weight excluding hydrogens is 292 g/mol. The molecule has 0 fully saturated rings. The minimum Gasteiger partial charge on any atom is -0.454 e. The monoisotopic (exact) mass is 304 g/mol. The molecule has 0 radical (unpaired) electrons. The molecule has 0 aliphatic carbocycles. The van der Waals surface area contributed by atoms with E-state index in [1.165, 1.54) is 18.3 Å². The number of benzene rings is 1. The maximum absolute atomic E-state index is 11.5. The minimum absolute atomic E-state index is 0.201. The average Bonchev–Trinajstić information content (AvgIpc) is 3.03. The van der Waals surface area contributed by atoms with Crippen molar-refractivity contribution in [2.75, 3.05) is 12.1 Å². The zero-order valence-corrected chi connectivity index (χ0v) is 12.0. The van der Waals surface area contributed by atoms with E-state index in [9.17, 15) is 9.59 Å². The smallest absolute Gasteiger partial charge is 0.251 e. The maximum atomic E-state index is 11.5. The minimum atomic E-state index is -0.581. The molecule has 0 saturated heterocycles. The largest absolute Gasteiger partial charge is 0.454 e. The van der Waals surface area contributed by atoms with Gasteiger partial charge in [0.15, 0.2) is 11.5 Å². The molecule has 3 rings (SSSR count). The zero-order valence-electron chi connectivity index (χ0n) is 11.1. The number of hydrogen-bond donors (Lipinski definition) is 2. The van der Waals surface area contributed by atoms with Crippen LogP contribution in [-0.2, 0) is 4.79 Å². The second kappa shape index (κ2) is 5.10. The number of amides is 2. The molecule has 1 aromatic heterocycles. The zero-order chi connectivity index (χ0) is 15.0. The molecule has 0 spiro atoms. The highest BCUT2D eigenvalue weighted by atomic mass is 32.1. The van der Waals surface area contributed by atoms with Gasteiger partial charge < -0.3 is 20.5 Å². The Morgan fingerprint density at radius 3 is 2.71 bits per heavy atom. The highest BCUT2D eigenvalue weighted by Crippen LogP contribution is 2.40. The lowest BCUT2D eigenvalue weighted by Crippen LogP contribution is -2.14. The number of anilines is 1. The van der Waals surface area contributed by atoms with Crippen LogP contribution in [0.1, 0.15) is 17.3 Å². The van der Waals surface area contributed by atoms with Gasteiger partial charge in [0.05, 0.1) is 5.56 Å². The summed E-state index contributed by atoms with van der Waals surface area (Å²) in [5, 5.41) is 3.07. The van der Waals surface area contributed by atoms with E-state index in [0.29, 0.717) is 22.1 Å². The summed E-state index contributed by atoms with van der Waals surface area (Å²) in [6.45, 7) is 1.58. The van der Waals surface area contributed by atoms with Gasteiger partial charge in [0.1, 0.15) is 5.00 Å². The summed E-state index contributed by atoms with van der Waals surface area (Å²) >= 11 is 1.29. The van der Waals surface area contributed by atoms with Gasteiger partial charge in [-0.05, 0) is 29.8 Å². The highest BCUT2D eigenvalue weighted by molar-refractivity contribution is 7.20. The van der Waals surface area contributed by atoms with Gasteiger partial charge in [0.25, 0.3) is 5.91 Å². The van der Waals surface area contributed by atoms with Gasteiger partial charge >= 0.3 is 0 Å². The number of nitrogens with one attached hydrogen (secondary N) is 1. The van der Waals surface area contributed by atoms with Crippen LogP contribution in [-0.4, -0.2) is 18.6 Å². The maximum Gasteiger partial charge on any atom is 0.251 e. The molecule has 0 atom stereocenters. The first kappa shape index (κ1) is 13.4. The van der Waals surface area contributed by atoms with Gasteiger partial charge in [0.2, 0.25) is 12.7 Å². The Balaban J connectivity index is 2.02. The van der Waals surface area contributed by atoms with Crippen LogP contribution < -0.4 is 20.5 Å². The molecule has 7 heteroatoms. The summed E-state index contributed by atoms with van der Waals surface area (Å²) < 4.78 is 10.6. The van der Waals surface area contributed by atoms with E-state index < -0.39 is 5.91 Å². The summed E-state index contributed by atoms with van der Waals surface area (Å²) in [6.07, 6.45) is 0. The van der Waals surface area contributed by atoms with Crippen LogP contribution in [0.5, 0.6) is 11.5 Å². The Hall–Kier alpha value is -2.54. The Kier molecular flexibility index (Phi) is 3.26. The first-order chi connectivity index (χ1) is 10.0. The molecule has 2 heterocycles. The van der Waals surface area contributed by atoms with Gasteiger partial charge in [-0.3, -0.25) is 9.59 Å². The molecule has 0 bridgehead atoms. The Labute approximate surface area is 124 Å². The van der Waals surface area contributed by atoms with Crippen LogP contribution in [0.2, 0.25) is 0 Å². The lowest BCUT2D eigenvalue weighted by molar-refractivity contribution is -0.114. The molecule has 1 aromatic carbocycles. The van der Waals surface area contributed by atoms with E-state index in [1.54, 1.807) is 12.1 Å². The van der Waals surface area contributed by atoms with E-state index in [2.05, 4.69) is 5.32 Å². The quantitative estimate of drug-likeness (QED) is 0.909. The summed E-state index contributed by atoms with van der Waals surface area (Å²) in [5.74, 6) is 0.508. The first-order valence-electron chi connectivity index (χ1n) is 6.16. The third-order valence-electron chi connectivity index (χ3n) is 2.94. The molecule has 3 N–H and O–H groups in total. The third kappa shape index (κ3) is 2.55. The number of ether oxygens (including phenoxy) is 2. The summed E-state index contributed by atoms with van der Waals surface area (Å²) in [7, 11) is 0. The predicted octanol–water partition coefficient (Wildman–Crippen LogP) is 2.20. The highest BCUT2D eigenvalue weighted by Gasteiger charge is 2.18. The predicted molar refractivity (Wildman–Crippen MR) is 78.7 cm³/mol. The molecule has 6 nitrogen and oxygen atoms in total. The average molecular weight is 304 g/mol. The van der Waals surface area contributed by atoms with Crippen LogP contribution >= 0.6 is 11.3 Å². The third-order valence-corrected chi connectivity index (χ3v) is 4.04. The van der Waals surface area contributed by atoms with Crippen LogP contribution in [0.15, 0.2) is 24.3 Å². The van der Waals surface area contributed by atoms with Crippen molar-refractivity contribution in [3.63, 3.8) is 0 Å². The van der Waals surface area contributed by atoms with Gasteiger partial charge in [-0.1, -0.05) is 0 Å². The number of hydrogen-bond acceptors (Lipinski definition) is 5. The molecule has 2 amide bonds. The fraction of sp³-hybridized carbons (Fsp3) is 0.143. The van der Waals surface area contributed by atoms with Crippen LogP contribution in [0.25, 0.3) is 10.4 Å². The van der Waals surface area contributed by atoms with Crippen LogP contribution in [0.4, 0.5) is 5.00 Å². The lowest BCUT2D eigenvalue weighted by Gasteiger charge is -2.00.